The zero-order valence-electron chi connectivity index (χ0n) is 8.41. The van der Waals surface area contributed by atoms with E-state index < -0.39 is 11.6 Å². The van der Waals surface area contributed by atoms with Crippen molar-refractivity contribution >= 4 is 11.3 Å². The SMILES string of the molecule is Fc1ccc(F)c(-c2nc(C3CC3)cs2)c1. The van der Waals surface area contributed by atoms with Crippen LogP contribution in [0, 0.1) is 11.6 Å². The van der Waals surface area contributed by atoms with Crippen molar-refractivity contribution in [2.45, 2.75) is 18.8 Å². The molecule has 0 N–H and O–H groups in total. The Morgan fingerprint density at radius 2 is 2.06 bits per heavy atom. The molecule has 4 heteroatoms. The minimum atomic E-state index is -0.431. The predicted octanol–water partition coefficient (Wildman–Crippen LogP) is 3.97. The second-order valence-corrected chi connectivity index (χ2v) is 4.83. The maximum Gasteiger partial charge on any atom is 0.133 e. The second-order valence-electron chi connectivity index (χ2n) is 3.98. The van der Waals surface area contributed by atoms with E-state index in [1.54, 1.807) is 0 Å². The van der Waals surface area contributed by atoms with Gasteiger partial charge in [0.25, 0.3) is 0 Å². The van der Waals surface area contributed by atoms with Gasteiger partial charge in [0.1, 0.15) is 16.6 Å². The van der Waals surface area contributed by atoms with Crippen molar-refractivity contribution < 1.29 is 8.78 Å². The minimum absolute atomic E-state index is 0.261. The van der Waals surface area contributed by atoms with E-state index in [1.807, 2.05) is 5.38 Å². The van der Waals surface area contributed by atoms with E-state index in [0.29, 0.717) is 10.9 Å². The maximum absolute atomic E-state index is 13.5. The van der Waals surface area contributed by atoms with Crippen molar-refractivity contribution in [3.8, 4) is 10.6 Å². The first-order valence-corrected chi connectivity index (χ1v) is 6.03. The van der Waals surface area contributed by atoms with E-state index in [1.165, 1.54) is 17.4 Å². The minimum Gasteiger partial charge on any atom is -0.241 e. The molecular formula is C12H9F2NS. The van der Waals surface area contributed by atoms with Crippen molar-refractivity contribution in [3.05, 3.63) is 40.9 Å². The number of benzene rings is 1. The molecule has 1 heterocycles. The van der Waals surface area contributed by atoms with Gasteiger partial charge in [0, 0.05) is 16.9 Å². The van der Waals surface area contributed by atoms with Crippen molar-refractivity contribution in [1.29, 1.82) is 0 Å². The van der Waals surface area contributed by atoms with Gasteiger partial charge in [-0.1, -0.05) is 0 Å². The number of nitrogens with zero attached hydrogens (tertiary/aromatic N) is 1. The molecule has 1 aromatic carbocycles. The van der Waals surface area contributed by atoms with Crippen LogP contribution in [0.4, 0.5) is 8.78 Å². The van der Waals surface area contributed by atoms with Crippen LogP contribution in [0.2, 0.25) is 0 Å². The third kappa shape index (κ3) is 1.73. The molecule has 1 aliphatic carbocycles. The molecule has 2 aromatic rings. The molecule has 3 rings (SSSR count). The highest BCUT2D eigenvalue weighted by molar-refractivity contribution is 7.13. The van der Waals surface area contributed by atoms with Crippen molar-refractivity contribution in [1.82, 2.24) is 4.98 Å². The normalized spacial score (nSPS) is 15.4. The smallest absolute Gasteiger partial charge is 0.133 e. The average molecular weight is 237 g/mol. The molecule has 0 atom stereocenters. The number of aromatic nitrogens is 1. The highest BCUT2D eigenvalue weighted by Gasteiger charge is 2.26. The Morgan fingerprint density at radius 1 is 1.25 bits per heavy atom. The van der Waals surface area contributed by atoms with E-state index in [9.17, 15) is 8.78 Å². The monoisotopic (exact) mass is 237 g/mol. The summed E-state index contributed by atoms with van der Waals surface area (Å²) in [6.45, 7) is 0. The van der Waals surface area contributed by atoms with E-state index in [2.05, 4.69) is 4.98 Å². The molecule has 82 valence electrons. The Labute approximate surface area is 95.8 Å². The van der Waals surface area contributed by atoms with Gasteiger partial charge in [-0.2, -0.15) is 0 Å². The number of rotatable bonds is 2. The first-order chi connectivity index (χ1) is 7.74. The molecule has 0 saturated heterocycles. The van der Waals surface area contributed by atoms with E-state index in [0.717, 1.165) is 30.7 Å². The van der Waals surface area contributed by atoms with Crippen LogP contribution in [0.3, 0.4) is 0 Å². The maximum atomic E-state index is 13.5. The molecule has 1 aliphatic rings. The van der Waals surface area contributed by atoms with Gasteiger partial charge in [0.05, 0.1) is 5.69 Å². The van der Waals surface area contributed by atoms with Crippen LogP contribution in [-0.2, 0) is 0 Å². The summed E-state index contributed by atoms with van der Waals surface area (Å²) in [5, 5.41) is 2.51. The molecule has 0 radical (unpaired) electrons. The molecule has 1 nitrogen and oxygen atoms in total. The second kappa shape index (κ2) is 3.63. The van der Waals surface area contributed by atoms with Crippen LogP contribution in [0.25, 0.3) is 10.6 Å². The molecule has 1 saturated carbocycles. The summed E-state index contributed by atoms with van der Waals surface area (Å²) in [6.07, 6.45) is 2.32. The molecule has 0 bridgehead atoms. The molecule has 1 fully saturated rings. The molecule has 0 unspecified atom stereocenters. The van der Waals surface area contributed by atoms with E-state index >= 15 is 0 Å². The van der Waals surface area contributed by atoms with Crippen LogP contribution in [0.15, 0.2) is 23.6 Å². The Balaban J connectivity index is 2.03. The van der Waals surface area contributed by atoms with Crippen LogP contribution in [-0.4, -0.2) is 4.98 Å². The van der Waals surface area contributed by atoms with Crippen molar-refractivity contribution in [2.75, 3.05) is 0 Å². The quantitative estimate of drug-likeness (QED) is 0.770. The molecule has 0 amide bonds. The molecule has 1 aromatic heterocycles. The van der Waals surface area contributed by atoms with Gasteiger partial charge in [0.2, 0.25) is 0 Å². The lowest BCUT2D eigenvalue weighted by atomic mass is 10.2. The van der Waals surface area contributed by atoms with E-state index in [4.69, 9.17) is 0 Å². The summed E-state index contributed by atoms with van der Waals surface area (Å²) < 4.78 is 26.5. The van der Waals surface area contributed by atoms with Crippen LogP contribution < -0.4 is 0 Å². The average Bonchev–Trinajstić information content (AvgIpc) is 3.01. The Hall–Kier alpha value is -1.29. The molecule has 16 heavy (non-hydrogen) atoms. The van der Waals surface area contributed by atoms with Crippen LogP contribution in [0.5, 0.6) is 0 Å². The van der Waals surface area contributed by atoms with Crippen LogP contribution in [0.1, 0.15) is 24.5 Å². The standard InChI is InChI=1S/C12H9F2NS/c13-8-3-4-10(14)9(5-8)12-15-11(6-16-12)7-1-2-7/h3-7H,1-2H2. The number of hydrogen-bond donors (Lipinski definition) is 0. The van der Waals surface area contributed by atoms with E-state index in [-0.39, 0.29) is 5.56 Å². The number of thiazole rings is 1. The topological polar surface area (TPSA) is 12.9 Å². The first-order valence-electron chi connectivity index (χ1n) is 5.15. The Kier molecular flexibility index (Phi) is 2.24. The van der Waals surface area contributed by atoms with Gasteiger partial charge in [-0.05, 0) is 31.0 Å². The highest BCUT2D eigenvalue weighted by atomic mass is 32.1. The summed E-state index contributed by atoms with van der Waals surface area (Å²) in [5.41, 5.74) is 1.28. The fourth-order valence-corrected chi connectivity index (χ4v) is 2.56. The fourth-order valence-electron chi connectivity index (χ4n) is 1.64. The van der Waals surface area contributed by atoms with Gasteiger partial charge in [-0.15, -0.1) is 11.3 Å². The van der Waals surface area contributed by atoms with Crippen LogP contribution >= 0.6 is 11.3 Å². The molecular weight excluding hydrogens is 228 g/mol. The first kappa shape index (κ1) is 9.90. The van der Waals surface area contributed by atoms with Gasteiger partial charge in [-0.3, -0.25) is 0 Å². The lowest BCUT2D eigenvalue weighted by Crippen LogP contribution is -1.86. The predicted molar refractivity (Wildman–Crippen MR) is 59.4 cm³/mol. The zero-order valence-corrected chi connectivity index (χ0v) is 9.23. The van der Waals surface area contributed by atoms with Crippen molar-refractivity contribution in [3.63, 3.8) is 0 Å². The molecule has 0 spiro atoms. The summed E-state index contributed by atoms with van der Waals surface area (Å²) >= 11 is 1.38. The summed E-state index contributed by atoms with van der Waals surface area (Å²) in [4.78, 5) is 4.36. The van der Waals surface area contributed by atoms with Gasteiger partial charge < -0.3 is 0 Å². The van der Waals surface area contributed by atoms with Crippen molar-refractivity contribution in [2.24, 2.45) is 0 Å². The Morgan fingerprint density at radius 3 is 2.81 bits per heavy atom. The third-order valence-electron chi connectivity index (χ3n) is 2.68. The molecule has 0 aliphatic heterocycles. The lowest BCUT2D eigenvalue weighted by molar-refractivity contribution is 0.603. The Bertz CT molecular complexity index is 532. The van der Waals surface area contributed by atoms with Gasteiger partial charge >= 0.3 is 0 Å². The van der Waals surface area contributed by atoms with Gasteiger partial charge in [0.15, 0.2) is 0 Å². The summed E-state index contributed by atoms with van der Waals surface area (Å²) in [7, 11) is 0. The fraction of sp³-hybridized carbons (Fsp3) is 0.250. The lowest BCUT2D eigenvalue weighted by Gasteiger charge is -1.98. The summed E-state index contributed by atoms with van der Waals surface area (Å²) in [5.74, 6) is -0.306. The summed E-state index contributed by atoms with van der Waals surface area (Å²) in [6, 6.07) is 3.46. The zero-order chi connectivity index (χ0) is 11.1. The largest absolute Gasteiger partial charge is 0.241 e. The number of halogens is 2. The highest BCUT2D eigenvalue weighted by Crippen LogP contribution is 2.41. The third-order valence-corrected chi connectivity index (χ3v) is 3.57. The number of hydrogen-bond acceptors (Lipinski definition) is 2. The van der Waals surface area contributed by atoms with Gasteiger partial charge in [-0.25, -0.2) is 13.8 Å².